The quantitative estimate of drug-likeness (QED) is 0.833. The molecule has 22 heavy (non-hydrogen) atoms. The highest BCUT2D eigenvalue weighted by Gasteiger charge is 2.33. The monoisotopic (exact) mass is 315 g/mol. The van der Waals surface area contributed by atoms with Gasteiger partial charge in [-0.05, 0) is 35.8 Å². The maximum absolute atomic E-state index is 12.0. The van der Waals surface area contributed by atoms with Gasteiger partial charge in [0.05, 0.1) is 6.04 Å². The van der Waals surface area contributed by atoms with Crippen molar-refractivity contribution < 1.29 is 14.3 Å². The molecule has 0 saturated heterocycles. The fourth-order valence-corrected chi connectivity index (χ4v) is 2.99. The number of carbonyl (C=O) groups excluding carboxylic acids is 2. The van der Waals surface area contributed by atoms with Crippen molar-refractivity contribution >= 4 is 23.2 Å². The van der Waals surface area contributed by atoms with Crippen molar-refractivity contribution in [3.63, 3.8) is 0 Å². The van der Waals surface area contributed by atoms with Crippen LogP contribution in [0.3, 0.4) is 0 Å². The van der Waals surface area contributed by atoms with E-state index in [-0.39, 0.29) is 18.6 Å². The minimum Gasteiger partial charge on any atom is -0.451 e. The maximum Gasteiger partial charge on any atom is 0.348 e. The molecule has 1 aromatic heterocycles. The number of nitrogens with one attached hydrogen (secondary N) is 1. The fourth-order valence-electron chi connectivity index (χ4n) is 2.38. The average molecular weight is 315 g/mol. The predicted molar refractivity (Wildman–Crippen MR) is 84.7 cm³/mol. The Balaban J connectivity index is 1.55. The molecular weight excluding hydrogens is 298 g/mol. The van der Waals surface area contributed by atoms with Crippen LogP contribution in [0.5, 0.6) is 0 Å². The Labute approximate surface area is 133 Å². The van der Waals surface area contributed by atoms with Gasteiger partial charge in [-0.1, -0.05) is 36.4 Å². The highest BCUT2D eigenvalue weighted by Crippen LogP contribution is 2.40. The van der Waals surface area contributed by atoms with Crippen LogP contribution >= 0.6 is 11.3 Å². The van der Waals surface area contributed by atoms with Crippen LogP contribution in [0, 0.1) is 5.92 Å². The first-order chi connectivity index (χ1) is 10.7. The summed E-state index contributed by atoms with van der Waals surface area (Å²) in [7, 11) is 0. The Morgan fingerprint density at radius 2 is 1.95 bits per heavy atom. The van der Waals surface area contributed by atoms with Crippen LogP contribution in [0.4, 0.5) is 0 Å². The van der Waals surface area contributed by atoms with E-state index < -0.39 is 5.97 Å². The topological polar surface area (TPSA) is 55.4 Å². The molecule has 1 amide bonds. The lowest BCUT2D eigenvalue weighted by atomic mass is 10.0. The third-order valence-corrected chi connectivity index (χ3v) is 4.48. The lowest BCUT2D eigenvalue weighted by molar-refractivity contribution is -0.125. The van der Waals surface area contributed by atoms with Gasteiger partial charge in [0.25, 0.3) is 5.91 Å². The Morgan fingerprint density at radius 1 is 1.18 bits per heavy atom. The molecule has 1 fully saturated rings. The molecule has 1 heterocycles. The van der Waals surface area contributed by atoms with Crippen LogP contribution in [-0.4, -0.2) is 18.5 Å². The molecule has 5 heteroatoms. The van der Waals surface area contributed by atoms with Crippen molar-refractivity contribution in [1.29, 1.82) is 0 Å². The smallest absolute Gasteiger partial charge is 0.348 e. The second-order valence-corrected chi connectivity index (χ2v) is 6.29. The first kappa shape index (κ1) is 14.8. The molecule has 3 rings (SSSR count). The van der Waals surface area contributed by atoms with Crippen LogP contribution in [0.15, 0.2) is 47.8 Å². The molecule has 1 aromatic carbocycles. The highest BCUT2D eigenvalue weighted by atomic mass is 32.1. The standard InChI is InChI=1S/C17H17NO3S/c19-15(11-21-17(20)14-7-4-10-22-14)18-16(13-8-9-13)12-5-2-1-3-6-12/h1-7,10,13,16H,8-9,11H2,(H,18,19)/t16-/m1/s1. The van der Waals surface area contributed by atoms with E-state index in [2.05, 4.69) is 5.32 Å². The van der Waals surface area contributed by atoms with Crippen LogP contribution in [0.2, 0.25) is 0 Å². The number of amides is 1. The number of hydrogen-bond donors (Lipinski definition) is 1. The van der Waals surface area contributed by atoms with E-state index in [1.165, 1.54) is 11.3 Å². The molecule has 1 N–H and O–H groups in total. The third-order valence-electron chi connectivity index (χ3n) is 3.63. The fraction of sp³-hybridized carbons (Fsp3) is 0.294. The average Bonchev–Trinajstić information content (AvgIpc) is 3.24. The molecule has 1 aliphatic carbocycles. The molecule has 0 unspecified atom stereocenters. The summed E-state index contributed by atoms with van der Waals surface area (Å²) in [5.74, 6) is -0.224. The van der Waals surface area contributed by atoms with Crippen molar-refractivity contribution in [3.05, 3.63) is 58.3 Å². The molecule has 0 radical (unpaired) electrons. The Morgan fingerprint density at radius 3 is 2.59 bits per heavy atom. The largest absolute Gasteiger partial charge is 0.451 e. The minimum atomic E-state index is -0.451. The summed E-state index contributed by atoms with van der Waals surface area (Å²) >= 11 is 1.30. The zero-order valence-corrected chi connectivity index (χ0v) is 12.8. The number of thiophene rings is 1. The normalized spacial score (nSPS) is 15.1. The Hall–Kier alpha value is -2.14. The van der Waals surface area contributed by atoms with Crippen LogP contribution in [0.1, 0.15) is 34.1 Å². The van der Waals surface area contributed by atoms with E-state index in [1.807, 2.05) is 30.3 Å². The number of ether oxygens (including phenoxy) is 1. The van der Waals surface area contributed by atoms with Gasteiger partial charge < -0.3 is 10.1 Å². The molecule has 4 nitrogen and oxygen atoms in total. The van der Waals surface area contributed by atoms with Gasteiger partial charge >= 0.3 is 5.97 Å². The van der Waals surface area contributed by atoms with Crippen LogP contribution in [0.25, 0.3) is 0 Å². The van der Waals surface area contributed by atoms with Crippen molar-refractivity contribution in [2.24, 2.45) is 5.92 Å². The van der Waals surface area contributed by atoms with Crippen LogP contribution < -0.4 is 5.32 Å². The maximum atomic E-state index is 12.0. The van der Waals surface area contributed by atoms with Gasteiger partial charge in [0.1, 0.15) is 4.88 Å². The summed E-state index contributed by atoms with van der Waals surface area (Å²) < 4.78 is 5.04. The molecule has 0 aliphatic heterocycles. The van der Waals surface area contributed by atoms with Gasteiger partial charge in [-0.2, -0.15) is 0 Å². The molecule has 1 saturated carbocycles. The van der Waals surface area contributed by atoms with E-state index in [1.54, 1.807) is 17.5 Å². The molecule has 0 bridgehead atoms. The van der Waals surface area contributed by atoms with Crippen molar-refractivity contribution in [3.8, 4) is 0 Å². The SMILES string of the molecule is O=C(COC(=O)c1cccs1)N[C@H](c1ccccc1)C1CC1. The van der Waals surface area contributed by atoms with Gasteiger partial charge in [0.15, 0.2) is 6.61 Å². The van der Waals surface area contributed by atoms with Gasteiger partial charge in [0, 0.05) is 0 Å². The molecule has 114 valence electrons. The van der Waals surface area contributed by atoms with Gasteiger partial charge in [-0.15, -0.1) is 11.3 Å². The molecular formula is C17H17NO3S. The molecule has 1 aliphatic rings. The summed E-state index contributed by atoms with van der Waals surface area (Å²) in [6.45, 7) is -0.243. The van der Waals surface area contributed by atoms with Crippen molar-refractivity contribution in [2.45, 2.75) is 18.9 Å². The van der Waals surface area contributed by atoms with Crippen LogP contribution in [-0.2, 0) is 9.53 Å². The van der Waals surface area contributed by atoms with E-state index in [0.29, 0.717) is 10.8 Å². The summed E-state index contributed by atoms with van der Waals surface area (Å²) in [4.78, 5) is 24.3. The van der Waals surface area contributed by atoms with E-state index in [4.69, 9.17) is 4.74 Å². The van der Waals surface area contributed by atoms with Gasteiger partial charge in [-0.3, -0.25) is 4.79 Å². The highest BCUT2D eigenvalue weighted by molar-refractivity contribution is 7.11. The second-order valence-electron chi connectivity index (χ2n) is 5.35. The number of hydrogen-bond acceptors (Lipinski definition) is 4. The van der Waals surface area contributed by atoms with Gasteiger partial charge in [-0.25, -0.2) is 4.79 Å². The summed E-state index contributed by atoms with van der Waals surface area (Å²) in [6, 6.07) is 13.4. The number of esters is 1. The second kappa shape index (κ2) is 6.75. The van der Waals surface area contributed by atoms with Gasteiger partial charge in [0.2, 0.25) is 0 Å². The van der Waals surface area contributed by atoms with E-state index in [9.17, 15) is 9.59 Å². The van der Waals surface area contributed by atoms with Crippen molar-refractivity contribution in [1.82, 2.24) is 5.32 Å². The molecule has 2 aromatic rings. The Bertz CT molecular complexity index is 635. The third kappa shape index (κ3) is 3.74. The zero-order valence-electron chi connectivity index (χ0n) is 12.0. The summed E-state index contributed by atoms with van der Waals surface area (Å²) in [5, 5.41) is 4.78. The number of carbonyl (C=O) groups is 2. The first-order valence-corrected chi connectivity index (χ1v) is 8.17. The summed E-state index contributed by atoms with van der Waals surface area (Å²) in [5.41, 5.74) is 1.10. The molecule has 0 spiro atoms. The lowest BCUT2D eigenvalue weighted by Crippen LogP contribution is -2.33. The summed E-state index contributed by atoms with van der Waals surface area (Å²) in [6.07, 6.45) is 2.24. The predicted octanol–water partition coefficient (Wildman–Crippen LogP) is 3.17. The lowest BCUT2D eigenvalue weighted by Gasteiger charge is -2.18. The number of benzene rings is 1. The number of rotatable bonds is 6. The first-order valence-electron chi connectivity index (χ1n) is 7.29. The van der Waals surface area contributed by atoms with Crippen molar-refractivity contribution in [2.75, 3.05) is 6.61 Å². The van der Waals surface area contributed by atoms with E-state index >= 15 is 0 Å². The minimum absolute atomic E-state index is 0.00846. The van der Waals surface area contributed by atoms with E-state index in [0.717, 1.165) is 18.4 Å². The molecule has 1 atom stereocenters. The zero-order chi connectivity index (χ0) is 15.4. The Kier molecular flexibility index (Phi) is 4.53.